The SMILES string of the molecule is CC(C)C(CN(C)C)NC(=O)C1(CN)CCOCC1. The molecule has 0 aromatic rings. The third-order valence-corrected chi connectivity index (χ3v) is 4.01. The summed E-state index contributed by atoms with van der Waals surface area (Å²) in [5, 5.41) is 3.19. The second kappa shape index (κ2) is 7.22. The number of likely N-dealkylation sites (N-methyl/N-ethyl adjacent to an activating group) is 1. The third-order valence-electron chi connectivity index (χ3n) is 4.01. The average Bonchev–Trinajstić information content (AvgIpc) is 2.38. The van der Waals surface area contributed by atoms with E-state index in [1.807, 2.05) is 14.1 Å². The van der Waals surface area contributed by atoms with E-state index in [1.165, 1.54) is 0 Å². The van der Waals surface area contributed by atoms with Crippen molar-refractivity contribution in [3.63, 3.8) is 0 Å². The lowest BCUT2D eigenvalue weighted by Crippen LogP contribution is -2.54. The van der Waals surface area contributed by atoms with Crippen LogP contribution in [0.4, 0.5) is 0 Å². The van der Waals surface area contributed by atoms with E-state index in [2.05, 4.69) is 24.1 Å². The monoisotopic (exact) mass is 271 g/mol. The van der Waals surface area contributed by atoms with Gasteiger partial charge >= 0.3 is 0 Å². The molecule has 1 atom stereocenters. The smallest absolute Gasteiger partial charge is 0.227 e. The minimum Gasteiger partial charge on any atom is -0.381 e. The summed E-state index contributed by atoms with van der Waals surface area (Å²) in [5.41, 5.74) is 5.43. The van der Waals surface area contributed by atoms with Crippen molar-refractivity contribution >= 4 is 5.91 Å². The number of rotatable bonds is 6. The first-order valence-electron chi connectivity index (χ1n) is 7.15. The van der Waals surface area contributed by atoms with Crippen molar-refractivity contribution in [3.8, 4) is 0 Å². The molecule has 0 spiro atoms. The summed E-state index contributed by atoms with van der Waals surface area (Å²) in [7, 11) is 4.05. The molecule has 3 N–H and O–H groups in total. The quantitative estimate of drug-likeness (QED) is 0.736. The molecule has 1 rings (SSSR count). The van der Waals surface area contributed by atoms with Crippen LogP contribution in [0.15, 0.2) is 0 Å². The van der Waals surface area contributed by atoms with Crippen molar-refractivity contribution < 1.29 is 9.53 Å². The molecule has 1 amide bonds. The molecule has 1 saturated heterocycles. The van der Waals surface area contributed by atoms with Crippen molar-refractivity contribution in [1.29, 1.82) is 0 Å². The molecule has 0 saturated carbocycles. The van der Waals surface area contributed by atoms with Crippen LogP contribution in [-0.4, -0.2) is 57.2 Å². The standard InChI is InChI=1S/C14H29N3O2/c1-11(2)12(9-17(3)4)16-13(18)14(10-15)5-7-19-8-6-14/h11-12H,5-10,15H2,1-4H3,(H,16,18). The Bertz CT molecular complexity index is 286. The molecule has 112 valence electrons. The highest BCUT2D eigenvalue weighted by Crippen LogP contribution is 2.29. The topological polar surface area (TPSA) is 67.6 Å². The normalized spacial score (nSPS) is 20.6. The predicted octanol–water partition coefficient (Wildman–Crippen LogP) is 0.444. The second-order valence-electron chi connectivity index (χ2n) is 6.18. The van der Waals surface area contributed by atoms with Gasteiger partial charge in [-0.3, -0.25) is 4.79 Å². The van der Waals surface area contributed by atoms with Crippen LogP contribution < -0.4 is 11.1 Å². The first-order chi connectivity index (χ1) is 8.91. The molecule has 1 heterocycles. The maximum atomic E-state index is 12.6. The Hall–Kier alpha value is -0.650. The van der Waals surface area contributed by atoms with E-state index in [1.54, 1.807) is 0 Å². The molecule has 0 aliphatic carbocycles. The van der Waals surface area contributed by atoms with Crippen molar-refractivity contribution in [2.24, 2.45) is 17.1 Å². The number of carbonyl (C=O) groups is 1. The molecule has 5 nitrogen and oxygen atoms in total. The average molecular weight is 271 g/mol. The second-order valence-corrected chi connectivity index (χ2v) is 6.18. The third kappa shape index (κ3) is 4.44. The van der Waals surface area contributed by atoms with E-state index in [9.17, 15) is 4.79 Å². The van der Waals surface area contributed by atoms with Gasteiger partial charge in [-0.2, -0.15) is 0 Å². The number of nitrogens with two attached hydrogens (primary N) is 1. The van der Waals surface area contributed by atoms with E-state index in [0.717, 1.165) is 19.4 Å². The Balaban J connectivity index is 2.68. The number of ether oxygens (including phenoxy) is 1. The van der Waals surface area contributed by atoms with Gasteiger partial charge < -0.3 is 20.7 Å². The van der Waals surface area contributed by atoms with Crippen LogP contribution in [0.25, 0.3) is 0 Å². The van der Waals surface area contributed by atoms with Gasteiger partial charge in [-0.15, -0.1) is 0 Å². The number of amides is 1. The minimum atomic E-state index is -0.433. The van der Waals surface area contributed by atoms with Crippen LogP contribution in [0.5, 0.6) is 0 Å². The fourth-order valence-electron chi connectivity index (χ4n) is 2.42. The molecule has 5 heteroatoms. The van der Waals surface area contributed by atoms with Crippen molar-refractivity contribution in [1.82, 2.24) is 10.2 Å². The van der Waals surface area contributed by atoms with Crippen LogP contribution >= 0.6 is 0 Å². The van der Waals surface area contributed by atoms with Crippen LogP contribution in [0.2, 0.25) is 0 Å². The van der Waals surface area contributed by atoms with Crippen molar-refractivity contribution in [3.05, 3.63) is 0 Å². The maximum Gasteiger partial charge on any atom is 0.227 e. The fourth-order valence-corrected chi connectivity index (χ4v) is 2.42. The van der Waals surface area contributed by atoms with Crippen LogP contribution in [0.1, 0.15) is 26.7 Å². The predicted molar refractivity (Wildman–Crippen MR) is 76.9 cm³/mol. The van der Waals surface area contributed by atoms with E-state index < -0.39 is 5.41 Å². The molecule has 1 aliphatic rings. The first kappa shape index (κ1) is 16.4. The van der Waals surface area contributed by atoms with Crippen LogP contribution in [-0.2, 0) is 9.53 Å². The van der Waals surface area contributed by atoms with E-state index in [4.69, 9.17) is 10.5 Å². The minimum absolute atomic E-state index is 0.0962. The molecule has 1 fully saturated rings. The van der Waals surface area contributed by atoms with Gasteiger partial charge in [0.25, 0.3) is 0 Å². The van der Waals surface area contributed by atoms with Gasteiger partial charge in [-0.05, 0) is 32.9 Å². The highest BCUT2D eigenvalue weighted by Gasteiger charge is 2.39. The fraction of sp³-hybridized carbons (Fsp3) is 0.929. The van der Waals surface area contributed by atoms with E-state index >= 15 is 0 Å². The maximum absolute atomic E-state index is 12.6. The molecule has 19 heavy (non-hydrogen) atoms. The van der Waals surface area contributed by atoms with Crippen molar-refractivity contribution in [2.45, 2.75) is 32.7 Å². The van der Waals surface area contributed by atoms with Gasteiger partial charge in [0.2, 0.25) is 5.91 Å². The van der Waals surface area contributed by atoms with E-state index in [0.29, 0.717) is 25.7 Å². The Morgan fingerprint density at radius 1 is 1.37 bits per heavy atom. The van der Waals surface area contributed by atoms with Gasteiger partial charge in [-0.25, -0.2) is 0 Å². The van der Waals surface area contributed by atoms with Crippen LogP contribution in [0.3, 0.4) is 0 Å². The lowest BCUT2D eigenvalue weighted by atomic mass is 9.79. The first-order valence-corrected chi connectivity index (χ1v) is 7.15. The number of hydrogen-bond acceptors (Lipinski definition) is 4. The largest absolute Gasteiger partial charge is 0.381 e. The Morgan fingerprint density at radius 3 is 2.37 bits per heavy atom. The van der Waals surface area contributed by atoms with Gasteiger partial charge in [0, 0.05) is 32.3 Å². The van der Waals surface area contributed by atoms with E-state index in [-0.39, 0.29) is 11.9 Å². The zero-order chi connectivity index (χ0) is 14.5. The summed E-state index contributed by atoms with van der Waals surface area (Å²) in [5.74, 6) is 0.500. The summed E-state index contributed by atoms with van der Waals surface area (Å²) in [4.78, 5) is 14.7. The zero-order valence-corrected chi connectivity index (χ0v) is 12.7. The highest BCUT2D eigenvalue weighted by atomic mass is 16.5. The number of carbonyl (C=O) groups excluding carboxylic acids is 1. The van der Waals surface area contributed by atoms with Crippen molar-refractivity contribution in [2.75, 3.05) is 40.4 Å². The summed E-state index contributed by atoms with van der Waals surface area (Å²) in [6.07, 6.45) is 1.45. The zero-order valence-electron chi connectivity index (χ0n) is 12.7. The lowest BCUT2D eigenvalue weighted by molar-refractivity contribution is -0.137. The van der Waals surface area contributed by atoms with Gasteiger partial charge in [0.1, 0.15) is 0 Å². The Morgan fingerprint density at radius 2 is 1.95 bits per heavy atom. The number of hydrogen-bond donors (Lipinski definition) is 2. The highest BCUT2D eigenvalue weighted by molar-refractivity contribution is 5.83. The Kier molecular flexibility index (Phi) is 6.23. The molecule has 0 aromatic heterocycles. The molecular formula is C14H29N3O2. The molecular weight excluding hydrogens is 242 g/mol. The molecule has 1 aliphatic heterocycles. The van der Waals surface area contributed by atoms with Gasteiger partial charge in [-0.1, -0.05) is 13.8 Å². The molecule has 0 aromatic carbocycles. The van der Waals surface area contributed by atoms with Crippen LogP contribution in [0, 0.1) is 11.3 Å². The molecule has 1 unspecified atom stereocenters. The summed E-state index contributed by atoms with van der Waals surface area (Å²) >= 11 is 0. The summed E-state index contributed by atoms with van der Waals surface area (Å²) in [6, 6.07) is 0.161. The van der Waals surface area contributed by atoms with Gasteiger partial charge in [0.15, 0.2) is 0 Å². The number of nitrogens with one attached hydrogen (secondary N) is 1. The summed E-state index contributed by atoms with van der Waals surface area (Å²) < 4.78 is 5.35. The lowest BCUT2D eigenvalue weighted by Gasteiger charge is -2.37. The summed E-state index contributed by atoms with van der Waals surface area (Å²) in [6.45, 7) is 6.77. The molecule has 0 bridgehead atoms. The Labute approximate surface area is 116 Å². The van der Waals surface area contributed by atoms with Gasteiger partial charge in [0.05, 0.1) is 5.41 Å². The molecule has 0 radical (unpaired) electrons. The number of nitrogens with zero attached hydrogens (tertiary/aromatic N) is 1.